The average molecular weight is 377 g/mol. The molecule has 1 aliphatic heterocycles. The first kappa shape index (κ1) is 19.4. The molecule has 0 radical (unpaired) electrons. The quantitative estimate of drug-likeness (QED) is 0.573. The van der Waals surface area contributed by atoms with E-state index in [9.17, 15) is 8.78 Å². The Labute approximate surface area is 157 Å². The third-order valence-corrected chi connectivity index (χ3v) is 4.56. The Balaban J connectivity index is 1.62. The minimum absolute atomic E-state index is 0.361. The Hall–Kier alpha value is -2.41. The fourth-order valence-electron chi connectivity index (χ4n) is 2.99. The van der Waals surface area contributed by atoms with Crippen molar-refractivity contribution in [2.75, 3.05) is 26.3 Å². The van der Waals surface area contributed by atoms with Crippen molar-refractivity contribution in [2.24, 2.45) is 10.9 Å². The molecule has 146 valence electrons. The largest absolute Gasteiger partial charge is 0.469 e. The van der Waals surface area contributed by atoms with E-state index in [1.807, 2.05) is 19.1 Å². The maximum absolute atomic E-state index is 14.1. The van der Waals surface area contributed by atoms with E-state index in [1.165, 1.54) is 12.1 Å². The summed E-state index contributed by atoms with van der Waals surface area (Å²) in [6.07, 6.45) is 3.34. The van der Waals surface area contributed by atoms with Crippen LogP contribution in [-0.2, 0) is 11.2 Å². The van der Waals surface area contributed by atoms with Crippen LogP contribution in [0.4, 0.5) is 8.78 Å². The lowest BCUT2D eigenvalue weighted by Gasteiger charge is -2.19. The summed E-state index contributed by atoms with van der Waals surface area (Å²) >= 11 is 0. The highest BCUT2D eigenvalue weighted by atomic mass is 19.1. The van der Waals surface area contributed by atoms with Crippen molar-refractivity contribution in [3.05, 3.63) is 59.6 Å². The van der Waals surface area contributed by atoms with Crippen molar-refractivity contribution in [2.45, 2.75) is 25.8 Å². The zero-order chi connectivity index (χ0) is 19.1. The summed E-state index contributed by atoms with van der Waals surface area (Å²) in [6, 6.07) is 7.01. The van der Waals surface area contributed by atoms with Crippen LogP contribution in [0.1, 0.15) is 30.7 Å². The average Bonchev–Trinajstić information content (AvgIpc) is 3.33. The van der Waals surface area contributed by atoms with Crippen LogP contribution in [0.15, 0.2) is 46.0 Å². The lowest BCUT2D eigenvalue weighted by Crippen LogP contribution is -2.40. The summed E-state index contributed by atoms with van der Waals surface area (Å²) in [5, 5.41) is 6.46. The third kappa shape index (κ3) is 5.79. The summed E-state index contributed by atoms with van der Waals surface area (Å²) in [7, 11) is 0. The lowest BCUT2D eigenvalue weighted by atomic mass is 10.1. The van der Waals surface area contributed by atoms with Crippen LogP contribution in [0.5, 0.6) is 0 Å². The highest BCUT2D eigenvalue weighted by Crippen LogP contribution is 2.18. The number of aliphatic imine (C=N–C) groups is 1. The van der Waals surface area contributed by atoms with Crippen LogP contribution < -0.4 is 10.6 Å². The first-order valence-electron chi connectivity index (χ1n) is 9.21. The van der Waals surface area contributed by atoms with E-state index in [0.717, 1.165) is 24.9 Å². The zero-order valence-corrected chi connectivity index (χ0v) is 15.4. The van der Waals surface area contributed by atoms with Crippen molar-refractivity contribution < 1.29 is 17.9 Å². The van der Waals surface area contributed by atoms with Crippen LogP contribution in [0.3, 0.4) is 0 Å². The maximum atomic E-state index is 14.1. The van der Waals surface area contributed by atoms with Gasteiger partial charge in [0.25, 0.3) is 0 Å². The first-order valence-corrected chi connectivity index (χ1v) is 9.21. The predicted molar refractivity (Wildman–Crippen MR) is 99.6 cm³/mol. The van der Waals surface area contributed by atoms with Crippen molar-refractivity contribution >= 4 is 5.96 Å². The summed E-state index contributed by atoms with van der Waals surface area (Å²) in [5.74, 6) is 0.698. The summed E-state index contributed by atoms with van der Waals surface area (Å²) in [6.45, 7) is 4.56. The van der Waals surface area contributed by atoms with Gasteiger partial charge in [-0.2, -0.15) is 0 Å². The molecule has 0 saturated carbocycles. The highest BCUT2D eigenvalue weighted by Gasteiger charge is 2.17. The number of guanidine groups is 1. The number of nitrogens with one attached hydrogen (secondary N) is 2. The molecule has 2 aromatic rings. The SMILES string of the molecule is CC(NC(=NCC1CCOC1)NCCc1ccco1)c1ccc(F)cc1F. The first-order chi connectivity index (χ1) is 13.1. The monoisotopic (exact) mass is 377 g/mol. The standard InChI is InChI=1S/C20H25F2N3O2/c1-14(18-5-4-16(21)11-19(18)22)25-20(24-12-15-7-10-26-13-15)23-8-6-17-3-2-9-27-17/h2-5,9,11,14-15H,6-8,10,12-13H2,1H3,(H2,23,24,25). The molecule has 0 amide bonds. The molecule has 3 rings (SSSR count). The van der Waals surface area contributed by atoms with Crippen LogP contribution in [0.2, 0.25) is 0 Å². The molecule has 1 aromatic carbocycles. The van der Waals surface area contributed by atoms with E-state index < -0.39 is 11.6 Å². The molecule has 7 heteroatoms. The molecular formula is C20H25F2N3O2. The Morgan fingerprint density at radius 1 is 1.33 bits per heavy atom. The minimum Gasteiger partial charge on any atom is -0.469 e. The number of hydrogen-bond acceptors (Lipinski definition) is 3. The number of rotatable bonds is 7. The van der Waals surface area contributed by atoms with Gasteiger partial charge in [-0.1, -0.05) is 6.07 Å². The molecule has 0 spiro atoms. The Bertz CT molecular complexity index is 744. The molecule has 1 aliphatic rings. The molecule has 1 fully saturated rings. The van der Waals surface area contributed by atoms with Gasteiger partial charge in [0.1, 0.15) is 17.4 Å². The second-order valence-electron chi connectivity index (χ2n) is 6.71. The zero-order valence-electron chi connectivity index (χ0n) is 15.4. The van der Waals surface area contributed by atoms with Crippen molar-refractivity contribution in [1.29, 1.82) is 0 Å². The molecule has 5 nitrogen and oxygen atoms in total. The van der Waals surface area contributed by atoms with E-state index in [1.54, 1.807) is 6.26 Å². The number of halogens is 2. The second-order valence-corrected chi connectivity index (χ2v) is 6.71. The Morgan fingerprint density at radius 3 is 2.93 bits per heavy atom. The van der Waals surface area contributed by atoms with Gasteiger partial charge >= 0.3 is 0 Å². The Morgan fingerprint density at radius 2 is 2.22 bits per heavy atom. The van der Waals surface area contributed by atoms with Gasteiger partial charge in [0.05, 0.1) is 18.9 Å². The summed E-state index contributed by atoms with van der Waals surface area (Å²) in [4.78, 5) is 4.62. The number of furan rings is 1. The van der Waals surface area contributed by atoms with E-state index in [-0.39, 0.29) is 6.04 Å². The second kappa shape index (κ2) is 9.50. The predicted octanol–water partition coefficient (Wildman–Crippen LogP) is 3.43. The highest BCUT2D eigenvalue weighted by molar-refractivity contribution is 5.80. The molecule has 1 saturated heterocycles. The molecular weight excluding hydrogens is 352 g/mol. The molecule has 2 unspecified atom stereocenters. The van der Waals surface area contributed by atoms with Crippen LogP contribution in [0, 0.1) is 17.6 Å². The van der Waals surface area contributed by atoms with Gasteiger partial charge in [-0.3, -0.25) is 4.99 Å². The molecule has 0 bridgehead atoms. The molecule has 2 heterocycles. The molecule has 1 aromatic heterocycles. The third-order valence-electron chi connectivity index (χ3n) is 4.56. The van der Waals surface area contributed by atoms with Crippen molar-refractivity contribution in [3.8, 4) is 0 Å². The van der Waals surface area contributed by atoms with Crippen LogP contribution >= 0.6 is 0 Å². The molecule has 0 aliphatic carbocycles. The van der Waals surface area contributed by atoms with E-state index in [0.29, 0.717) is 43.6 Å². The van der Waals surface area contributed by atoms with Crippen LogP contribution in [0.25, 0.3) is 0 Å². The van der Waals surface area contributed by atoms with Crippen molar-refractivity contribution in [3.63, 3.8) is 0 Å². The van der Waals surface area contributed by atoms with E-state index in [2.05, 4.69) is 15.6 Å². The fourth-order valence-corrected chi connectivity index (χ4v) is 2.99. The molecule has 2 N–H and O–H groups in total. The maximum Gasteiger partial charge on any atom is 0.191 e. The number of hydrogen-bond donors (Lipinski definition) is 2. The van der Waals surface area contributed by atoms with Crippen molar-refractivity contribution in [1.82, 2.24) is 10.6 Å². The smallest absolute Gasteiger partial charge is 0.191 e. The molecule has 2 atom stereocenters. The minimum atomic E-state index is -0.588. The van der Waals surface area contributed by atoms with Gasteiger partial charge in [-0.15, -0.1) is 0 Å². The topological polar surface area (TPSA) is 58.8 Å². The van der Waals surface area contributed by atoms with E-state index in [4.69, 9.17) is 9.15 Å². The van der Waals surface area contributed by atoms with Gasteiger partial charge in [-0.05, 0) is 31.5 Å². The van der Waals surface area contributed by atoms with Gasteiger partial charge in [-0.25, -0.2) is 8.78 Å². The summed E-state index contributed by atoms with van der Waals surface area (Å²) < 4.78 is 37.9. The number of benzene rings is 1. The number of nitrogens with zero attached hydrogens (tertiary/aromatic N) is 1. The number of ether oxygens (including phenoxy) is 1. The van der Waals surface area contributed by atoms with Gasteiger partial charge in [0.15, 0.2) is 5.96 Å². The van der Waals surface area contributed by atoms with E-state index >= 15 is 0 Å². The fraction of sp³-hybridized carbons (Fsp3) is 0.450. The van der Waals surface area contributed by atoms with Gasteiger partial charge in [0.2, 0.25) is 0 Å². The Kier molecular flexibility index (Phi) is 6.81. The molecule has 27 heavy (non-hydrogen) atoms. The summed E-state index contributed by atoms with van der Waals surface area (Å²) in [5.41, 5.74) is 0.390. The van der Waals surface area contributed by atoms with Crippen LogP contribution in [-0.4, -0.2) is 32.3 Å². The normalized spacial score (nSPS) is 18.5. The van der Waals surface area contributed by atoms with Gasteiger partial charge < -0.3 is 19.8 Å². The van der Waals surface area contributed by atoms with Gasteiger partial charge in [0, 0.05) is 43.7 Å². The lowest BCUT2D eigenvalue weighted by molar-refractivity contribution is 0.187.